The lowest BCUT2D eigenvalue weighted by Gasteiger charge is -2.24. The van der Waals surface area contributed by atoms with E-state index in [2.05, 4.69) is 564 Å². The number of para-hydroxylation sites is 8. The molecule has 0 saturated heterocycles. The fourth-order valence-corrected chi connectivity index (χ4v) is 24.2. The maximum atomic E-state index is 2.48. The van der Waals surface area contributed by atoms with E-state index in [-0.39, 0.29) is 0 Å². The first kappa shape index (κ1) is 83.8. The first-order valence-corrected chi connectivity index (χ1v) is 50.0. The van der Waals surface area contributed by atoms with Crippen molar-refractivity contribution < 1.29 is 0 Å². The number of rotatable bonds is 6. The van der Waals surface area contributed by atoms with Crippen molar-refractivity contribution >= 4 is 183 Å². The Labute approximate surface area is 830 Å². The van der Waals surface area contributed by atoms with Crippen LogP contribution in [-0.4, -0.2) is 18.3 Å². The predicted octanol–water partition coefficient (Wildman–Crippen LogP) is 38.4. The lowest BCUT2D eigenvalue weighted by Crippen LogP contribution is -2.01. The first-order chi connectivity index (χ1) is 71.0. The molecule has 0 bridgehead atoms. The van der Waals surface area contributed by atoms with Crippen LogP contribution in [-0.2, 0) is 0 Å². The molecule has 0 N–H and O–H groups in total. The zero-order valence-corrected chi connectivity index (χ0v) is 79.0. The van der Waals surface area contributed by atoms with Gasteiger partial charge >= 0.3 is 0 Å². The summed E-state index contributed by atoms with van der Waals surface area (Å²) in [6.45, 7) is 0. The molecule has 5 heteroatoms. The second-order valence-electron chi connectivity index (χ2n) is 37.1. The van der Waals surface area contributed by atoms with E-state index in [0.29, 0.717) is 0 Å². The molecule has 0 unspecified atom stereocenters. The van der Waals surface area contributed by atoms with Gasteiger partial charge in [0.1, 0.15) is 0 Å². The SMILES string of the molecule is c1cc(-c2cccc(-n3c4ccccc4c4ccccc4c4ccccc4c4ccccc43)c2)cc(-c2cccc3c2sc2ccccc23)c1.c1cc(-n2c3ccccc3c3ccccc3c3ccccc3c3ccccc32)cc(-n2c3ccccc3c3ccccc32)c1.c1ccc2c(c1)-c1ccccc1-c1ccc(-n3c4ccccc4c4ccccc4c4ccccc4c4ccccc43)cc1-c1ccccc1-2. The monoisotopic (exact) mass is 1830 g/mol. The van der Waals surface area contributed by atoms with Gasteiger partial charge in [0.05, 0.1) is 44.1 Å². The van der Waals surface area contributed by atoms with E-state index in [0.717, 1.165) is 55.8 Å². The summed E-state index contributed by atoms with van der Waals surface area (Å²) in [5.74, 6) is 0. The third-order valence-electron chi connectivity index (χ3n) is 29.2. The average Bonchev–Trinajstić information content (AvgIpc) is 1.43. The van der Waals surface area contributed by atoms with Gasteiger partial charge in [0.15, 0.2) is 0 Å². The minimum Gasteiger partial charge on any atom is -0.309 e. The molecule has 0 amide bonds. The largest absolute Gasteiger partial charge is 0.309 e. The second-order valence-corrected chi connectivity index (χ2v) is 38.1. The van der Waals surface area contributed by atoms with E-state index < -0.39 is 0 Å². The summed E-state index contributed by atoms with van der Waals surface area (Å²) in [6, 6.07) is 200. The Morgan fingerprint density at radius 2 is 0.315 bits per heavy atom. The number of fused-ring (bicyclic) bond motifs is 35. The van der Waals surface area contributed by atoms with Crippen LogP contribution in [0.25, 0.3) is 262 Å². The Bertz CT molecular complexity index is 9930. The highest BCUT2D eigenvalue weighted by molar-refractivity contribution is 7.26. The fourth-order valence-electron chi connectivity index (χ4n) is 22.9. The highest BCUT2D eigenvalue weighted by Gasteiger charge is 2.25. The number of benzene rings is 23. The highest BCUT2D eigenvalue weighted by atomic mass is 32.1. The van der Waals surface area contributed by atoms with Crippen molar-refractivity contribution in [2.75, 3.05) is 0 Å². The van der Waals surface area contributed by atoms with Gasteiger partial charge in [0.25, 0.3) is 0 Å². The zero-order valence-electron chi connectivity index (χ0n) is 78.2. The van der Waals surface area contributed by atoms with Crippen molar-refractivity contribution in [3.63, 3.8) is 0 Å². The van der Waals surface area contributed by atoms with Crippen LogP contribution in [0.2, 0.25) is 0 Å². The summed E-state index contributed by atoms with van der Waals surface area (Å²) in [7, 11) is 0. The Morgan fingerprint density at radius 3 is 0.643 bits per heavy atom. The molecular weight excluding hydrogens is 1750 g/mol. The molecule has 0 fully saturated rings. The Balaban J connectivity index is 0.000000107. The van der Waals surface area contributed by atoms with Crippen LogP contribution < -0.4 is 0 Å². The number of nitrogens with zero attached hydrogens (tertiary/aromatic N) is 4. The molecule has 28 aromatic rings. The van der Waals surface area contributed by atoms with Crippen LogP contribution in [0.4, 0.5) is 0 Å². The molecule has 23 aromatic carbocycles. The second kappa shape index (κ2) is 35.5. The maximum absolute atomic E-state index is 2.48. The van der Waals surface area contributed by atoms with Crippen LogP contribution in [0.15, 0.2) is 546 Å². The fraction of sp³-hybridized carbons (Fsp3) is 0. The molecule has 0 atom stereocenters. The summed E-state index contributed by atoms with van der Waals surface area (Å²) < 4.78 is 12.4. The molecule has 668 valence electrons. The van der Waals surface area contributed by atoms with Gasteiger partial charge in [-0.05, 0) is 235 Å². The number of aromatic nitrogens is 4. The van der Waals surface area contributed by atoms with Gasteiger partial charge in [-0.1, -0.05) is 443 Å². The smallest absolute Gasteiger partial charge is 0.0541 e. The molecule has 0 saturated carbocycles. The number of hydrogen-bond acceptors (Lipinski definition) is 1. The lowest BCUT2D eigenvalue weighted by atomic mass is 9.81. The van der Waals surface area contributed by atoms with Gasteiger partial charge in [-0.25, -0.2) is 0 Å². The topological polar surface area (TPSA) is 19.7 Å². The van der Waals surface area contributed by atoms with Crippen molar-refractivity contribution in [1.29, 1.82) is 0 Å². The molecule has 0 radical (unpaired) electrons. The Hall–Kier alpha value is -18.5. The summed E-state index contributed by atoms with van der Waals surface area (Å²) in [4.78, 5) is 0. The van der Waals surface area contributed by atoms with Crippen molar-refractivity contribution in [1.82, 2.24) is 18.3 Å². The number of hydrogen-bond donors (Lipinski definition) is 0. The predicted molar refractivity (Wildman–Crippen MR) is 614 cm³/mol. The van der Waals surface area contributed by atoms with Crippen molar-refractivity contribution in [3.8, 4) is 89.5 Å². The molecule has 4 nitrogen and oxygen atoms in total. The van der Waals surface area contributed by atoms with Gasteiger partial charge in [-0.3, -0.25) is 0 Å². The van der Waals surface area contributed by atoms with Gasteiger partial charge < -0.3 is 18.3 Å². The Morgan fingerprint density at radius 1 is 0.112 bits per heavy atom. The van der Waals surface area contributed by atoms with Crippen LogP contribution in [0.5, 0.6) is 0 Å². The molecule has 5 heterocycles. The van der Waals surface area contributed by atoms with Crippen LogP contribution in [0.1, 0.15) is 0 Å². The molecule has 0 aliphatic heterocycles. The molecule has 1 aliphatic rings. The van der Waals surface area contributed by atoms with E-state index >= 15 is 0 Å². The summed E-state index contributed by atoms with van der Waals surface area (Å²) in [5.41, 5.74) is 28.7. The van der Waals surface area contributed by atoms with E-state index in [9.17, 15) is 0 Å². The summed E-state index contributed by atoms with van der Waals surface area (Å²) in [6.07, 6.45) is 0. The van der Waals surface area contributed by atoms with Crippen LogP contribution >= 0.6 is 11.3 Å². The highest BCUT2D eigenvalue weighted by Crippen LogP contribution is 2.51. The first-order valence-electron chi connectivity index (χ1n) is 49.2. The number of thiophene rings is 1. The zero-order chi connectivity index (χ0) is 94.4. The van der Waals surface area contributed by atoms with E-state index in [1.807, 2.05) is 11.3 Å². The van der Waals surface area contributed by atoms with Crippen LogP contribution in [0.3, 0.4) is 0 Å². The van der Waals surface area contributed by atoms with Gasteiger partial charge in [-0.15, -0.1) is 11.3 Å². The third-order valence-corrected chi connectivity index (χ3v) is 30.4. The maximum Gasteiger partial charge on any atom is 0.0541 e. The summed E-state index contributed by atoms with van der Waals surface area (Å²) >= 11 is 1.88. The van der Waals surface area contributed by atoms with Crippen molar-refractivity contribution in [2.24, 2.45) is 0 Å². The molecule has 0 spiro atoms. The van der Waals surface area contributed by atoms with E-state index in [4.69, 9.17) is 0 Å². The lowest BCUT2D eigenvalue weighted by molar-refractivity contribution is 1.13. The summed E-state index contributed by atoms with van der Waals surface area (Å²) in [5, 5.41) is 27.2. The quantitative estimate of drug-likeness (QED) is 0.158. The average molecular weight is 1840 g/mol. The standard InChI is InChI=1S/C48H31NS.C48H31N.C42H28N2/c1-3-20-39-37(18-1)38-19-2-4-21-40(38)42-23-6-9-28-46(42)49(45-27-8-5-22-41(39)45)35-17-12-15-33(31-35)32-14-11-16-34(30-32)36-25-13-26-44-43-24-7-10-29-47(43)50-48(36)44;1-2-16-34-33(15-1)35-17-3-4-21-39(35)43-30-29-32(31-46(43)42-24-10-7-20-38(34)42)49-47-27-13-11-25-44(47)40-22-8-5-18-36(40)37-19-6-9-23-41(37)45-26-12-14-28-48(45)49;1-3-18-33-31(16-1)32-17-2-4-19-34(32)36-21-6-10-25-40(36)43(39-24-9-5-20-35(33)39)29-14-13-15-30(28-29)44-41-26-11-7-22-37(41)38-23-8-12-27-42(38)44/h1-31H;1-31H;1-28H. The van der Waals surface area contributed by atoms with Gasteiger partial charge in [0, 0.05) is 86.0 Å². The molecule has 1 aliphatic carbocycles. The van der Waals surface area contributed by atoms with Gasteiger partial charge in [0.2, 0.25) is 0 Å². The molecule has 29 rings (SSSR count). The van der Waals surface area contributed by atoms with Crippen molar-refractivity contribution in [3.05, 3.63) is 546 Å². The van der Waals surface area contributed by atoms with E-state index in [1.165, 1.54) is 206 Å². The van der Waals surface area contributed by atoms with Crippen LogP contribution in [0, 0.1) is 0 Å². The van der Waals surface area contributed by atoms with Gasteiger partial charge in [-0.2, -0.15) is 0 Å². The normalized spacial score (nSPS) is 11.6. The molecule has 5 aromatic heterocycles. The third kappa shape index (κ3) is 14.3. The molecule has 143 heavy (non-hydrogen) atoms. The molecular formula is C138H90N4S. The minimum atomic E-state index is 1.11. The van der Waals surface area contributed by atoms with E-state index in [1.54, 1.807) is 0 Å². The Kier molecular flexibility index (Phi) is 20.8. The minimum absolute atomic E-state index is 1.11. The van der Waals surface area contributed by atoms with Crippen molar-refractivity contribution in [2.45, 2.75) is 0 Å².